The lowest BCUT2D eigenvalue weighted by molar-refractivity contribution is 0.379. The summed E-state index contributed by atoms with van der Waals surface area (Å²) in [5, 5.41) is 4.38. The van der Waals surface area contributed by atoms with Crippen LogP contribution in [0.4, 0.5) is 4.39 Å². The van der Waals surface area contributed by atoms with Crippen molar-refractivity contribution >= 4 is 11.8 Å². The number of thioether (sulfide) groups is 1. The van der Waals surface area contributed by atoms with E-state index < -0.39 is 0 Å². The number of nitrogens with zero attached hydrogens (tertiary/aromatic N) is 3. The van der Waals surface area contributed by atoms with Crippen molar-refractivity contribution in [2.75, 3.05) is 0 Å². The molecule has 0 aliphatic rings. The third-order valence-electron chi connectivity index (χ3n) is 3.71. The van der Waals surface area contributed by atoms with Gasteiger partial charge < -0.3 is 8.94 Å². The Morgan fingerprint density at radius 3 is 2.54 bits per heavy atom. The van der Waals surface area contributed by atoms with E-state index in [0.29, 0.717) is 22.7 Å². The lowest BCUT2D eigenvalue weighted by Gasteiger charge is -2.01. The molecule has 2 heterocycles. The van der Waals surface area contributed by atoms with Gasteiger partial charge in [0, 0.05) is 11.1 Å². The minimum Gasteiger partial charge on any atom is -0.431 e. The lowest BCUT2D eigenvalue weighted by Crippen LogP contribution is -1.89. The molecule has 1 atom stereocenters. The maximum atomic E-state index is 13.0. The Morgan fingerprint density at radius 1 is 1.00 bits per heavy atom. The number of benzene rings is 2. The van der Waals surface area contributed by atoms with Gasteiger partial charge in [0.25, 0.3) is 5.22 Å². The van der Waals surface area contributed by atoms with E-state index >= 15 is 0 Å². The molecule has 0 bridgehead atoms. The quantitative estimate of drug-likeness (QED) is 0.441. The van der Waals surface area contributed by atoms with Gasteiger partial charge >= 0.3 is 0 Å². The highest BCUT2D eigenvalue weighted by Crippen LogP contribution is 2.35. The van der Waals surface area contributed by atoms with Gasteiger partial charge in [0.1, 0.15) is 5.82 Å². The molecule has 0 N–H and O–H groups in total. The highest BCUT2D eigenvalue weighted by Gasteiger charge is 2.19. The Labute approximate surface area is 153 Å². The molecule has 4 aromatic rings. The molecule has 5 nitrogen and oxygen atoms in total. The summed E-state index contributed by atoms with van der Waals surface area (Å²) in [6, 6.07) is 15.7. The van der Waals surface area contributed by atoms with Crippen molar-refractivity contribution in [3.8, 4) is 22.7 Å². The molecule has 0 radical (unpaired) electrons. The molecule has 7 heteroatoms. The molecular weight excluding hydrogens is 353 g/mol. The number of hydrogen-bond donors (Lipinski definition) is 0. The fraction of sp³-hybridized carbons (Fsp3) is 0.105. The topological polar surface area (TPSA) is 65.0 Å². The van der Waals surface area contributed by atoms with Crippen LogP contribution in [0.15, 0.2) is 75.0 Å². The second-order valence-corrected chi connectivity index (χ2v) is 6.87. The average molecular weight is 367 g/mol. The van der Waals surface area contributed by atoms with E-state index in [9.17, 15) is 4.39 Å². The van der Waals surface area contributed by atoms with E-state index in [1.165, 1.54) is 23.9 Å². The van der Waals surface area contributed by atoms with Crippen LogP contribution in [-0.2, 0) is 0 Å². The first-order valence-corrected chi connectivity index (χ1v) is 8.84. The fourth-order valence-electron chi connectivity index (χ4n) is 2.37. The predicted molar refractivity (Wildman–Crippen MR) is 95.9 cm³/mol. The van der Waals surface area contributed by atoms with Gasteiger partial charge in [-0.1, -0.05) is 47.3 Å². The summed E-state index contributed by atoms with van der Waals surface area (Å²) in [7, 11) is 0. The minimum absolute atomic E-state index is 0.125. The third-order valence-corrected chi connectivity index (χ3v) is 4.66. The van der Waals surface area contributed by atoms with Gasteiger partial charge in [0.2, 0.25) is 11.7 Å². The molecule has 0 saturated carbocycles. The van der Waals surface area contributed by atoms with E-state index in [-0.39, 0.29) is 11.1 Å². The molecule has 26 heavy (non-hydrogen) atoms. The Kier molecular flexibility index (Phi) is 4.53. The van der Waals surface area contributed by atoms with Gasteiger partial charge in [0.15, 0.2) is 5.76 Å². The van der Waals surface area contributed by atoms with Gasteiger partial charge in [-0.15, -0.1) is 0 Å². The first-order chi connectivity index (χ1) is 12.7. The van der Waals surface area contributed by atoms with Gasteiger partial charge in [-0.25, -0.2) is 9.37 Å². The molecular formula is C19H14FN3O2S. The molecule has 0 spiro atoms. The van der Waals surface area contributed by atoms with Crippen LogP contribution in [0.25, 0.3) is 22.7 Å². The maximum absolute atomic E-state index is 13.0. The molecule has 0 amide bonds. The van der Waals surface area contributed by atoms with Crippen LogP contribution in [0, 0.1) is 5.82 Å². The zero-order valence-electron chi connectivity index (χ0n) is 13.8. The first-order valence-electron chi connectivity index (χ1n) is 7.96. The Morgan fingerprint density at radius 2 is 1.77 bits per heavy atom. The van der Waals surface area contributed by atoms with Crippen molar-refractivity contribution in [2.24, 2.45) is 0 Å². The number of aromatic nitrogens is 3. The van der Waals surface area contributed by atoms with E-state index in [4.69, 9.17) is 8.94 Å². The van der Waals surface area contributed by atoms with Crippen LogP contribution in [-0.4, -0.2) is 15.1 Å². The smallest absolute Gasteiger partial charge is 0.256 e. The zero-order chi connectivity index (χ0) is 17.9. The van der Waals surface area contributed by atoms with Gasteiger partial charge in [-0.3, -0.25) is 0 Å². The minimum atomic E-state index is -0.290. The van der Waals surface area contributed by atoms with Gasteiger partial charge in [-0.2, -0.15) is 4.98 Å². The highest BCUT2D eigenvalue weighted by atomic mass is 32.2. The van der Waals surface area contributed by atoms with Crippen molar-refractivity contribution in [1.29, 1.82) is 0 Å². The SMILES string of the molecule is C[C@H](Sc1ncc(-c2ccc(F)cc2)o1)c1nc(-c2ccccc2)no1. The van der Waals surface area contributed by atoms with Crippen molar-refractivity contribution in [3.05, 3.63) is 72.5 Å². The number of rotatable bonds is 5. The number of halogens is 1. The van der Waals surface area contributed by atoms with Crippen LogP contribution in [0.1, 0.15) is 18.1 Å². The Balaban J connectivity index is 1.48. The van der Waals surface area contributed by atoms with Crippen LogP contribution in [0.5, 0.6) is 0 Å². The summed E-state index contributed by atoms with van der Waals surface area (Å²) < 4.78 is 24.1. The normalized spacial score (nSPS) is 12.2. The average Bonchev–Trinajstić information content (AvgIpc) is 3.33. The van der Waals surface area contributed by atoms with E-state index in [0.717, 1.165) is 11.1 Å². The Bertz CT molecular complexity index is 999. The van der Waals surface area contributed by atoms with Crippen molar-refractivity contribution in [1.82, 2.24) is 15.1 Å². The second-order valence-electron chi connectivity index (χ2n) is 5.58. The van der Waals surface area contributed by atoms with Crippen molar-refractivity contribution < 1.29 is 13.3 Å². The summed E-state index contributed by atoms with van der Waals surface area (Å²) in [6.07, 6.45) is 1.62. The molecule has 0 aliphatic carbocycles. The second kappa shape index (κ2) is 7.13. The van der Waals surface area contributed by atoms with Crippen LogP contribution in [0.2, 0.25) is 0 Å². The maximum Gasteiger partial charge on any atom is 0.256 e. The van der Waals surface area contributed by atoms with Crippen LogP contribution in [0.3, 0.4) is 0 Å². The third kappa shape index (κ3) is 3.52. The molecule has 0 aliphatic heterocycles. The molecule has 0 fully saturated rings. The summed E-state index contributed by atoms with van der Waals surface area (Å²) in [5.74, 6) is 1.33. The number of hydrogen-bond acceptors (Lipinski definition) is 6. The zero-order valence-corrected chi connectivity index (χ0v) is 14.6. The molecule has 0 saturated heterocycles. The summed E-state index contributed by atoms with van der Waals surface area (Å²) in [5.41, 5.74) is 1.66. The van der Waals surface area contributed by atoms with E-state index in [1.807, 2.05) is 37.3 Å². The lowest BCUT2D eigenvalue weighted by atomic mass is 10.2. The number of oxazole rings is 1. The fourth-order valence-corrected chi connectivity index (χ4v) is 3.12. The molecule has 2 aromatic carbocycles. The first kappa shape index (κ1) is 16.5. The van der Waals surface area contributed by atoms with Crippen molar-refractivity contribution in [2.45, 2.75) is 17.4 Å². The standard InChI is InChI=1S/C19H14FN3O2S/c1-12(18-22-17(23-25-18)14-5-3-2-4-6-14)26-19-21-11-16(24-19)13-7-9-15(20)10-8-13/h2-12H,1H3/t12-/m0/s1. The highest BCUT2D eigenvalue weighted by molar-refractivity contribution is 7.99. The summed E-state index contributed by atoms with van der Waals surface area (Å²) >= 11 is 1.38. The van der Waals surface area contributed by atoms with Crippen LogP contribution >= 0.6 is 11.8 Å². The van der Waals surface area contributed by atoms with Gasteiger partial charge in [-0.05, 0) is 31.2 Å². The van der Waals surface area contributed by atoms with Gasteiger partial charge in [0.05, 0.1) is 11.4 Å². The largest absolute Gasteiger partial charge is 0.431 e. The molecule has 2 aromatic heterocycles. The molecule has 0 unspecified atom stereocenters. The van der Waals surface area contributed by atoms with Crippen molar-refractivity contribution in [3.63, 3.8) is 0 Å². The Hall–Kier alpha value is -2.93. The molecule has 4 rings (SSSR count). The summed E-state index contributed by atoms with van der Waals surface area (Å²) in [4.78, 5) is 8.70. The van der Waals surface area contributed by atoms with Crippen LogP contribution < -0.4 is 0 Å². The summed E-state index contributed by atoms with van der Waals surface area (Å²) in [6.45, 7) is 1.94. The van der Waals surface area contributed by atoms with E-state index in [1.54, 1.807) is 18.3 Å². The molecule has 130 valence electrons. The predicted octanol–water partition coefficient (Wildman–Crippen LogP) is 5.38. The monoisotopic (exact) mass is 367 g/mol. The van der Waals surface area contributed by atoms with E-state index in [2.05, 4.69) is 15.1 Å².